The van der Waals surface area contributed by atoms with E-state index in [4.69, 9.17) is 11.6 Å². The molecule has 0 spiro atoms. The zero-order valence-electron chi connectivity index (χ0n) is 13.4. The van der Waals surface area contributed by atoms with Gasteiger partial charge in [-0.25, -0.2) is 8.42 Å². The normalized spacial score (nSPS) is 13.3. The maximum atomic E-state index is 11.5. The number of sulfone groups is 1. The Balaban J connectivity index is 1.72. The molecule has 0 aliphatic heterocycles. The molecule has 1 N–H and O–H groups in total. The first-order valence-corrected chi connectivity index (χ1v) is 10.6. The van der Waals surface area contributed by atoms with Crippen molar-refractivity contribution < 1.29 is 8.42 Å². The summed E-state index contributed by atoms with van der Waals surface area (Å²) in [5.74, 6) is 0. The topological polar surface area (TPSA) is 46.2 Å². The summed E-state index contributed by atoms with van der Waals surface area (Å²) in [6.45, 7) is 2.73. The molecule has 3 aromatic rings. The fourth-order valence-corrected chi connectivity index (χ4v) is 4.63. The van der Waals surface area contributed by atoms with E-state index in [9.17, 15) is 8.42 Å². The van der Waals surface area contributed by atoms with E-state index in [1.807, 2.05) is 30.3 Å². The molecule has 0 aliphatic carbocycles. The van der Waals surface area contributed by atoms with Crippen molar-refractivity contribution >= 4 is 42.9 Å². The zero-order valence-corrected chi connectivity index (χ0v) is 15.8. The number of benzene rings is 2. The molecule has 2 aromatic carbocycles. The Labute approximate surface area is 151 Å². The van der Waals surface area contributed by atoms with E-state index in [-0.39, 0.29) is 6.04 Å². The average Bonchev–Trinajstić information content (AvgIpc) is 2.88. The van der Waals surface area contributed by atoms with E-state index in [1.165, 1.54) is 11.0 Å². The number of thiophene rings is 1. The van der Waals surface area contributed by atoms with Crippen molar-refractivity contribution in [2.24, 2.45) is 0 Å². The van der Waals surface area contributed by atoms with E-state index < -0.39 is 9.84 Å². The summed E-state index contributed by atoms with van der Waals surface area (Å²) in [6.07, 6.45) is 1.22. The molecule has 1 atom stereocenters. The van der Waals surface area contributed by atoms with Crippen LogP contribution in [0.3, 0.4) is 0 Å². The van der Waals surface area contributed by atoms with Gasteiger partial charge in [-0.05, 0) is 30.7 Å². The third-order valence-electron chi connectivity index (χ3n) is 3.98. The molecule has 0 fully saturated rings. The quantitative estimate of drug-likeness (QED) is 0.692. The van der Waals surface area contributed by atoms with Crippen molar-refractivity contribution in [2.75, 3.05) is 6.26 Å². The van der Waals surface area contributed by atoms with Gasteiger partial charge in [0.25, 0.3) is 0 Å². The fourth-order valence-electron chi connectivity index (χ4n) is 2.55. The van der Waals surface area contributed by atoms with Crippen molar-refractivity contribution in [3.63, 3.8) is 0 Å². The van der Waals surface area contributed by atoms with Gasteiger partial charge < -0.3 is 5.32 Å². The Bertz CT molecular complexity index is 962. The summed E-state index contributed by atoms with van der Waals surface area (Å²) in [4.78, 5) is 1.45. The van der Waals surface area contributed by atoms with Gasteiger partial charge in [0.15, 0.2) is 9.84 Å². The van der Waals surface area contributed by atoms with Crippen LogP contribution in [0.1, 0.15) is 23.4 Å². The van der Waals surface area contributed by atoms with Crippen molar-refractivity contribution in [1.29, 1.82) is 0 Å². The minimum atomic E-state index is -3.16. The maximum Gasteiger partial charge on any atom is 0.175 e. The molecular formula is C18H18ClNO2S2. The average molecular weight is 380 g/mol. The fraction of sp³-hybridized carbons (Fsp3) is 0.222. The van der Waals surface area contributed by atoms with Crippen LogP contribution in [0.2, 0.25) is 5.02 Å². The molecule has 0 saturated carbocycles. The highest BCUT2D eigenvalue weighted by molar-refractivity contribution is 7.90. The van der Waals surface area contributed by atoms with Gasteiger partial charge in [0.1, 0.15) is 0 Å². The molecule has 1 heterocycles. The lowest BCUT2D eigenvalue weighted by atomic mass is 10.1. The van der Waals surface area contributed by atoms with E-state index in [1.54, 1.807) is 23.5 Å². The first kappa shape index (κ1) is 17.4. The minimum absolute atomic E-state index is 0.0971. The van der Waals surface area contributed by atoms with Crippen LogP contribution < -0.4 is 5.32 Å². The van der Waals surface area contributed by atoms with Gasteiger partial charge in [0, 0.05) is 33.8 Å². The van der Waals surface area contributed by atoms with Crippen molar-refractivity contribution in [3.8, 4) is 0 Å². The molecule has 0 amide bonds. The second kappa shape index (κ2) is 6.84. The van der Waals surface area contributed by atoms with Crippen molar-refractivity contribution in [3.05, 3.63) is 64.0 Å². The second-order valence-electron chi connectivity index (χ2n) is 5.78. The lowest BCUT2D eigenvalue weighted by Crippen LogP contribution is -2.17. The van der Waals surface area contributed by atoms with Crippen LogP contribution in [0.5, 0.6) is 0 Å². The lowest BCUT2D eigenvalue weighted by molar-refractivity contribution is 0.578. The van der Waals surface area contributed by atoms with Crippen LogP contribution in [0.25, 0.3) is 10.1 Å². The molecule has 1 aromatic heterocycles. The van der Waals surface area contributed by atoms with Crippen LogP contribution in [0, 0.1) is 0 Å². The number of hydrogen-bond donors (Lipinski definition) is 1. The monoisotopic (exact) mass is 379 g/mol. The molecule has 0 bridgehead atoms. The number of halogens is 1. The Morgan fingerprint density at radius 1 is 1.12 bits per heavy atom. The van der Waals surface area contributed by atoms with Gasteiger partial charge in [-0.15, -0.1) is 11.3 Å². The summed E-state index contributed by atoms with van der Waals surface area (Å²) < 4.78 is 24.2. The molecule has 0 radical (unpaired) electrons. The largest absolute Gasteiger partial charge is 0.305 e. The van der Waals surface area contributed by atoms with Gasteiger partial charge in [-0.2, -0.15) is 0 Å². The van der Waals surface area contributed by atoms with Crippen LogP contribution in [0.15, 0.2) is 53.4 Å². The van der Waals surface area contributed by atoms with E-state index in [2.05, 4.69) is 18.3 Å². The van der Waals surface area contributed by atoms with E-state index in [0.29, 0.717) is 11.4 Å². The Morgan fingerprint density at radius 2 is 1.79 bits per heavy atom. The molecule has 24 heavy (non-hydrogen) atoms. The van der Waals surface area contributed by atoms with Gasteiger partial charge >= 0.3 is 0 Å². The number of nitrogens with one attached hydrogen (secondary N) is 1. The zero-order chi connectivity index (χ0) is 17.3. The van der Waals surface area contributed by atoms with Gasteiger partial charge in [-0.3, -0.25) is 0 Å². The summed E-state index contributed by atoms with van der Waals surface area (Å²) in [5, 5.41) is 5.35. The highest BCUT2D eigenvalue weighted by atomic mass is 35.5. The molecule has 3 nitrogen and oxygen atoms in total. The summed E-state index contributed by atoms with van der Waals surface area (Å²) in [6, 6.07) is 15.2. The van der Waals surface area contributed by atoms with Crippen molar-refractivity contribution in [1.82, 2.24) is 5.32 Å². The number of hydrogen-bond acceptors (Lipinski definition) is 4. The minimum Gasteiger partial charge on any atom is -0.305 e. The SMILES string of the molecule is C[C@H](NCc1sc2ccccc2c1Cl)c1ccc(S(C)(=O)=O)cc1. The molecular weight excluding hydrogens is 362 g/mol. The van der Waals surface area contributed by atoms with Crippen LogP contribution >= 0.6 is 22.9 Å². The lowest BCUT2D eigenvalue weighted by Gasteiger charge is -2.14. The van der Waals surface area contributed by atoms with Crippen LogP contribution in [-0.2, 0) is 16.4 Å². The van der Waals surface area contributed by atoms with Gasteiger partial charge in [0.2, 0.25) is 0 Å². The van der Waals surface area contributed by atoms with Crippen LogP contribution in [-0.4, -0.2) is 14.7 Å². The predicted octanol–water partition coefficient (Wildman–Crippen LogP) is 4.81. The smallest absolute Gasteiger partial charge is 0.175 e. The summed E-state index contributed by atoms with van der Waals surface area (Å²) >= 11 is 8.15. The molecule has 0 saturated heterocycles. The highest BCUT2D eigenvalue weighted by Gasteiger charge is 2.12. The molecule has 6 heteroatoms. The molecule has 0 unspecified atom stereocenters. The summed E-state index contributed by atoms with van der Waals surface area (Å²) in [7, 11) is -3.16. The van der Waals surface area contributed by atoms with Crippen molar-refractivity contribution in [2.45, 2.75) is 24.4 Å². The maximum absolute atomic E-state index is 11.5. The third-order valence-corrected chi connectivity index (χ3v) is 6.82. The number of rotatable bonds is 5. The number of fused-ring (bicyclic) bond motifs is 1. The molecule has 126 valence electrons. The Morgan fingerprint density at radius 3 is 2.42 bits per heavy atom. The first-order valence-electron chi connectivity index (χ1n) is 7.55. The van der Waals surface area contributed by atoms with E-state index >= 15 is 0 Å². The predicted molar refractivity (Wildman–Crippen MR) is 102 cm³/mol. The first-order chi connectivity index (χ1) is 11.4. The standard InChI is InChI=1S/C18H18ClNO2S2/c1-12(13-7-9-14(10-8-13)24(2,21)22)20-11-17-18(19)15-5-3-4-6-16(15)23-17/h3-10,12,20H,11H2,1-2H3/t12-/m0/s1. The Kier molecular flexibility index (Phi) is 4.97. The second-order valence-corrected chi connectivity index (χ2v) is 9.31. The van der Waals surface area contributed by atoms with Gasteiger partial charge in [-0.1, -0.05) is 41.9 Å². The third kappa shape index (κ3) is 3.64. The van der Waals surface area contributed by atoms with Gasteiger partial charge in [0.05, 0.1) is 9.92 Å². The summed E-state index contributed by atoms with van der Waals surface area (Å²) in [5.41, 5.74) is 1.04. The molecule has 0 aliphatic rings. The highest BCUT2D eigenvalue weighted by Crippen LogP contribution is 2.35. The van der Waals surface area contributed by atoms with Crippen LogP contribution in [0.4, 0.5) is 0 Å². The Hall–Kier alpha value is -1.40. The molecule has 3 rings (SSSR count). The van der Waals surface area contributed by atoms with E-state index in [0.717, 1.165) is 20.8 Å².